The smallest absolute Gasteiger partial charge is 0.161 e. The number of hydrogen-bond acceptors (Lipinski definition) is 2. The third-order valence-corrected chi connectivity index (χ3v) is 2.32. The van der Waals surface area contributed by atoms with E-state index < -0.39 is 0 Å². The quantitative estimate of drug-likeness (QED) is 0.796. The molecule has 3 heteroatoms. The Balaban J connectivity index is 2.87. The third kappa shape index (κ3) is 3.50. The molecule has 0 bridgehead atoms. The standard InChI is InChI=1S/C12H14ClNO/c1-9(15)11-6-5-10(8-12(11)13)4-3-7-14-2/h3-6,8,14H,7H2,1-2H3. The van der Waals surface area contributed by atoms with Crippen LogP contribution in [-0.2, 0) is 0 Å². The van der Waals surface area contributed by atoms with Crippen LogP contribution in [0.1, 0.15) is 22.8 Å². The van der Waals surface area contributed by atoms with Crippen LogP contribution < -0.4 is 5.32 Å². The molecule has 0 aliphatic heterocycles. The third-order valence-electron chi connectivity index (χ3n) is 2.00. The molecule has 0 saturated carbocycles. The van der Waals surface area contributed by atoms with E-state index in [0.29, 0.717) is 10.6 Å². The summed E-state index contributed by atoms with van der Waals surface area (Å²) >= 11 is 5.97. The number of rotatable bonds is 4. The number of nitrogens with one attached hydrogen (secondary N) is 1. The van der Waals surface area contributed by atoms with Gasteiger partial charge in [0.15, 0.2) is 5.78 Å². The molecule has 1 aromatic rings. The van der Waals surface area contributed by atoms with E-state index in [9.17, 15) is 4.79 Å². The Labute approximate surface area is 94.9 Å². The molecule has 0 aliphatic carbocycles. The van der Waals surface area contributed by atoms with Crippen molar-refractivity contribution in [2.24, 2.45) is 0 Å². The molecule has 80 valence electrons. The minimum Gasteiger partial charge on any atom is -0.316 e. The van der Waals surface area contributed by atoms with E-state index in [4.69, 9.17) is 11.6 Å². The van der Waals surface area contributed by atoms with E-state index in [-0.39, 0.29) is 5.78 Å². The largest absolute Gasteiger partial charge is 0.316 e. The lowest BCUT2D eigenvalue weighted by molar-refractivity contribution is 0.101. The minimum absolute atomic E-state index is 0.00856. The number of halogens is 1. The average Bonchev–Trinajstić information content (AvgIpc) is 2.17. The highest BCUT2D eigenvalue weighted by molar-refractivity contribution is 6.34. The maximum Gasteiger partial charge on any atom is 0.161 e. The second-order valence-corrected chi connectivity index (χ2v) is 3.66. The van der Waals surface area contributed by atoms with Crippen LogP contribution in [0.15, 0.2) is 24.3 Å². The van der Waals surface area contributed by atoms with Crippen LogP contribution in [0.2, 0.25) is 5.02 Å². The van der Waals surface area contributed by atoms with Crippen LogP contribution in [0.3, 0.4) is 0 Å². The zero-order valence-electron chi connectivity index (χ0n) is 8.88. The molecule has 0 amide bonds. The molecular weight excluding hydrogens is 210 g/mol. The van der Waals surface area contributed by atoms with Crippen molar-refractivity contribution in [3.05, 3.63) is 40.4 Å². The monoisotopic (exact) mass is 223 g/mol. The van der Waals surface area contributed by atoms with Crippen molar-refractivity contribution < 1.29 is 4.79 Å². The normalized spacial score (nSPS) is 10.9. The lowest BCUT2D eigenvalue weighted by Gasteiger charge is -2.01. The zero-order valence-corrected chi connectivity index (χ0v) is 9.64. The van der Waals surface area contributed by atoms with Crippen molar-refractivity contribution in [2.75, 3.05) is 13.6 Å². The number of carbonyl (C=O) groups excluding carboxylic acids is 1. The first-order valence-corrected chi connectivity index (χ1v) is 5.14. The Kier molecular flexibility index (Phi) is 4.53. The first-order chi connectivity index (χ1) is 7.15. The van der Waals surface area contributed by atoms with Gasteiger partial charge in [-0.25, -0.2) is 0 Å². The molecule has 0 radical (unpaired) electrons. The van der Waals surface area contributed by atoms with E-state index in [1.54, 1.807) is 12.1 Å². The van der Waals surface area contributed by atoms with Gasteiger partial charge in [0.1, 0.15) is 0 Å². The first-order valence-electron chi connectivity index (χ1n) is 4.76. The van der Waals surface area contributed by atoms with E-state index in [1.165, 1.54) is 6.92 Å². The average molecular weight is 224 g/mol. The maximum absolute atomic E-state index is 11.1. The fourth-order valence-corrected chi connectivity index (χ4v) is 1.56. The Morgan fingerprint density at radius 1 is 1.53 bits per heavy atom. The Morgan fingerprint density at radius 2 is 2.27 bits per heavy atom. The fourth-order valence-electron chi connectivity index (χ4n) is 1.23. The number of ketones is 1. The summed E-state index contributed by atoms with van der Waals surface area (Å²) in [4.78, 5) is 11.1. The van der Waals surface area contributed by atoms with E-state index in [0.717, 1.165) is 12.1 Å². The summed E-state index contributed by atoms with van der Waals surface area (Å²) < 4.78 is 0. The van der Waals surface area contributed by atoms with Gasteiger partial charge < -0.3 is 5.32 Å². The second-order valence-electron chi connectivity index (χ2n) is 3.26. The van der Waals surface area contributed by atoms with Gasteiger partial charge in [0, 0.05) is 12.1 Å². The molecule has 0 unspecified atom stereocenters. The number of hydrogen-bond donors (Lipinski definition) is 1. The number of likely N-dealkylation sites (N-methyl/N-ethyl adjacent to an activating group) is 1. The summed E-state index contributed by atoms with van der Waals surface area (Å²) in [5.74, 6) is -0.00856. The summed E-state index contributed by atoms with van der Waals surface area (Å²) in [7, 11) is 1.89. The lowest BCUT2D eigenvalue weighted by Crippen LogP contribution is -2.03. The lowest BCUT2D eigenvalue weighted by atomic mass is 10.1. The highest BCUT2D eigenvalue weighted by atomic mass is 35.5. The molecule has 0 saturated heterocycles. The Morgan fingerprint density at radius 3 is 2.80 bits per heavy atom. The molecule has 2 nitrogen and oxygen atoms in total. The van der Waals surface area contributed by atoms with Gasteiger partial charge in [0.05, 0.1) is 5.02 Å². The molecule has 0 heterocycles. The van der Waals surface area contributed by atoms with Crippen LogP contribution in [0.25, 0.3) is 6.08 Å². The molecular formula is C12H14ClNO. The molecule has 0 fully saturated rings. The van der Waals surface area contributed by atoms with Crippen LogP contribution in [-0.4, -0.2) is 19.4 Å². The number of benzene rings is 1. The SMILES string of the molecule is CNCC=Cc1ccc(C(C)=O)c(Cl)c1. The van der Waals surface area contributed by atoms with Gasteiger partial charge in [0.2, 0.25) is 0 Å². The second kappa shape index (κ2) is 5.69. The summed E-state index contributed by atoms with van der Waals surface area (Å²) in [6, 6.07) is 5.43. The van der Waals surface area contributed by atoms with E-state index in [1.807, 2.05) is 25.3 Å². The van der Waals surface area contributed by atoms with Gasteiger partial charge in [0.25, 0.3) is 0 Å². The Hall–Kier alpha value is -1.12. The van der Waals surface area contributed by atoms with E-state index >= 15 is 0 Å². The first kappa shape index (κ1) is 12.0. The molecule has 1 rings (SSSR count). The van der Waals surface area contributed by atoms with Crippen molar-refractivity contribution >= 4 is 23.5 Å². The predicted molar refractivity (Wildman–Crippen MR) is 64.4 cm³/mol. The molecule has 1 aromatic carbocycles. The minimum atomic E-state index is -0.00856. The number of Topliss-reactive ketones (excluding diaryl/α,β-unsaturated/α-hetero) is 1. The molecule has 0 atom stereocenters. The molecule has 0 aromatic heterocycles. The van der Waals surface area contributed by atoms with Gasteiger partial charge in [-0.15, -0.1) is 0 Å². The summed E-state index contributed by atoms with van der Waals surface area (Å²) in [6.45, 7) is 2.32. The van der Waals surface area contributed by atoms with Crippen molar-refractivity contribution in [3.8, 4) is 0 Å². The van der Waals surface area contributed by atoms with E-state index in [2.05, 4.69) is 5.32 Å². The van der Waals surface area contributed by atoms with Gasteiger partial charge >= 0.3 is 0 Å². The Bertz CT molecular complexity index is 385. The predicted octanol–water partition coefficient (Wildman–Crippen LogP) is 2.78. The zero-order chi connectivity index (χ0) is 11.3. The van der Waals surface area contributed by atoms with Crippen molar-refractivity contribution in [2.45, 2.75) is 6.92 Å². The topological polar surface area (TPSA) is 29.1 Å². The van der Waals surface area contributed by atoms with Gasteiger partial charge in [-0.3, -0.25) is 4.79 Å². The van der Waals surface area contributed by atoms with Crippen molar-refractivity contribution in [1.82, 2.24) is 5.32 Å². The summed E-state index contributed by atoms with van der Waals surface area (Å²) in [6.07, 6.45) is 3.96. The highest BCUT2D eigenvalue weighted by Crippen LogP contribution is 2.19. The molecule has 0 spiro atoms. The van der Waals surface area contributed by atoms with Gasteiger partial charge in [-0.1, -0.05) is 29.8 Å². The summed E-state index contributed by atoms with van der Waals surface area (Å²) in [5, 5.41) is 3.52. The van der Waals surface area contributed by atoms with Gasteiger partial charge in [-0.05, 0) is 31.7 Å². The number of carbonyl (C=O) groups is 1. The highest BCUT2D eigenvalue weighted by Gasteiger charge is 2.04. The van der Waals surface area contributed by atoms with Crippen LogP contribution in [0.5, 0.6) is 0 Å². The molecule has 1 N–H and O–H groups in total. The van der Waals surface area contributed by atoms with Crippen LogP contribution >= 0.6 is 11.6 Å². The molecule has 0 aliphatic rings. The fraction of sp³-hybridized carbons (Fsp3) is 0.250. The summed E-state index contributed by atoms with van der Waals surface area (Å²) in [5.41, 5.74) is 1.57. The van der Waals surface area contributed by atoms with Crippen LogP contribution in [0.4, 0.5) is 0 Å². The van der Waals surface area contributed by atoms with Gasteiger partial charge in [-0.2, -0.15) is 0 Å². The molecule has 15 heavy (non-hydrogen) atoms. The van der Waals surface area contributed by atoms with Crippen LogP contribution in [0, 0.1) is 0 Å². The van der Waals surface area contributed by atoms with Crippen molar-refractivity contribution in [1.29, 1.82) is 0 Å². The maximum atomic E-state index is 11.1. The van der Waals surface area contributed by atoms with Crippen molar-refractivity contribution in [3.63, 3.8) is 0 Å².